The molecule has 0 saturated carbocycles. The molecule has 1 heterocycles. The van der Waals surface area contributed by atoms with Crippen molar-refractivity contribution < 1.29 is 8.42 Å². The monoisotopic (exact) mass is 326 g/mol. The summed E-state index contributed by atoms with van der Waals surface area (Å²) in [4.78, 5) is 0.280. The number of aryl methyl sites for hydroxylation is 1. The first-order chi connectivity index (χ1) is 11.0. The maximum absolute atomic E-state index is 13.1. The van der Waals surface area contributed by atoms with Gasteiger partial charge in [0.25, 0.3) is 10.0 Å². The number of para-hydroxylation sites is 1. The van der Waals surface area contributed by atoms with E-state index in [4.69, 9.17) is 5.26 Å². The summed E-state index contributed by atoms with van der Waals surface area (Å²) in [5, 5.41) is 9.09. The molecule has 2 aromatic carbocycles. The second-order valence-corrected chi connectivity index (χ2v) is 7.70. The van der Waals surface area contributed by atoms with E-state index in [0.717, 1.165) is 11.1 Å². The Hall–Kier alpha value is -2.32. The van der Waals surface area contributed by atoms with E-state index in [-0.39, 0.29) is 16.9 Å². The summed E-state index contributed by atoms with van der Waals surface area (Å²) in [6.45, 7) is 3.79. The number of sulfonamides is 1. The SMILES string of the molecule is Cc1ccc(S(=O)(=O)N2c3ccccc3[C@@H](CC#N)[C@@H]2C)cc1. The Balaban J connectivity index is 2.12. The molecule has 5 heteroatoms. The van der Waals surface area contributed by atoms with Crippen molar-refractivity contribution in [1.29, 1.82) is 5.26 Å². The molecule has 4 nitrogen and oxygen atoms in total. The van der Waals surface area contributed by atoms with Crippen LogP contribution in [0.15, 0.2) is 53.4 Å². The Labute approximate surface area is 137 Å². The zero-order valence-corrected chi connectivity index (χ0v) is 13.9. The lowest BCUT2D eigenvalue weighted by molar-refractivity contribution is 0.565. The molecule has 0 amide bonds. The molecule has 0 fully saturated rings. The van der Waals surface area contributed by atoms with Gasteiger partial charge in [-0.3, -0.25) is 4.31 Å². The third-order valence-electron chi connectivity index (χ3n) is 4.41. The van der Waals surface area contributed by atoms with Crippen molar-refractivity contribution in [1.82, 2.24) is 0 Å². The van der Waals surface area contributed by atoms with Crippen molar-refractivity contribution in [3.8, 4) is 6.07 Å². The minimum absolute atomic E-state index is 0.101. The first-order valence-corrected chi connectivity index (χ1v) is 8.98. The molecule has 1 aliphatic rings. The van der Waals surface area contributed by atoms with Gasteiger partial charge < -0.3 is 0 Å². The fraction of sp³-hybridized carbons (Fsp3) is 0.278. The molecule has 0 N–H and O–H groups in total. The van der Waals surface area contributed by atoms with Crippen LogP contribution in [-0.2, 0) is 10.0 Å². The van der Waals surface area contributed by atoms with E-state index in [9.17, 15) is 8.42 Å². The minimum atomic E-state index is -3.65. The largest absolute Gasteiger partial charge is 0.264 e. The van der Waals surface area contributed by atoms with Gasteiger partial charge in [0.05, 0.1) is 22.7 Å². The summed E-state index contributed by atoms with van der Waals surface area (Å²) < 4.78 is 27.7. The van der Waals surface area contributed by atoms with Gasteiger partial charge >= 0.3 is 0 Å². The second kappa shape index (κ2) is 5.71. The number of nitriles is 1. The molecule has 0 bridgehead atoms. The molecule has 0 saturated heterocycles. The maximum Gasteiger partial charge on any atom is 0.264 e. The summed E-state index contributed by atoms with van der Waals surface area (Å²) in [6, 6.07) is 16.2. The number of anilines is 1. The third kappa shape index (κ3) is 2.49. The van der Waals surface area contributed by atoms with Crippen LogP contribution >= 0.6 is 0 Å². The first-order valence-electron chi connectivity index (χ1n) is 7.54. The van der Waals surface area contributed by atoms with E-state index in [1.165, 1.54) is 4.31 Å². The standard InChI is InChI=1S/C18H18N2O2S/c1-13-7-9-15(10-8-13)23(21,22)20-14(2)16(11-12-19)17-5-3-4-6-18(17)20/h3-10,14,16H,11H2,1-2H3/t14-,16-/m0/s1. The van der Waals surface area contributed by atoms with Crippen LogP contribution < -0.4 is 4.31 Å². The van der Waals surface area contributed by atoms with Crippen LogP contribution in [0.1, 0.15) is 30.4 Å². The van der Waals surface area contributed by atoms with Crippen LogP contribution in [0.2, 0.25) is 0 Å². The number of fused-ring (bicyclic) bond motifs is 1. The van der Waals surface area contributed by atoms with Crippen molar-refractivity contribution in [2.75, 3.05) is 4.31 Å². The summed E-state index contributed by atoms with van der Waals surface area (Å²) in [5.41, 5.74) is 2.62. The molecule has 0 aromatic heterocycles. The number of nitrogens with zero attached hydrogens (tertiary/aromatic N) is 2. The average Bonchev–Trinajstić information content (AvgIpc) is 2.81. The van der Waals surface area contributed by atoms with Crippen LogP contribution in [0.4, 0.5) is 5.69 Å². The fourth-order valence-electron chi connectivity index (χ4n) is 3.20. The molecule has 2 aromatic rings. The highest BCUT2D eigenvalue weighted by Crippen LogP contribution is 2.45. The lowest BCUT2D eigenvalue weighted by Gasteiger charge is -2.26. The van der Waals surface area contributed by atoms with Crippen LogP contribution in [0.5, 0.6) is 0 Å². The van der Waals surface area contributed by atoms with E-state index >= 15 is 0 Å². The highest BCUT2D eigenvalue weighted by Gasteiger charge is 2.42. The Kier molecular flexibility index (Phi) is 3.87. The summed E-state index contributed by atoms with van der Waals surface area (Å²) in [7, 11) is -3.65. The highest BCUT2D eigenvalue weighted by molar-refractivity contribution is 7.92. The topological polar surface area (TPSA) is 61.2 Å². The van der Waals surface area contributed by atoms with E-state index < -0.39 is 10.0 Å². The first kappa shape index (κ1) is 15.6. The lowest BCUT2D eigenvalue weighted by atomic mass is 9.93. The van der Waals surface area contributed by atoms with Crippen LogP contribution in [-0.4, -0.2) is 14.5 Å². The molecule has 1 aliphatic heterocycles. The van der Waals surface area contributed by atoms with Gasteiger partial charge in [0.15, 0.2) is 0 Å². The molecular formula is C18H18N2O2S. The van der Waals surface area contributed by atoms with Gasteiger partial charge in [0, 0.05) is 12.3 Å². The summed E-state index contributed by atoms with van der Waals surface area (Å²) in [5.74, 6) is -0.101. The molecule has 0 spiro atoms. The zero-order valence-electron chi connectivity index (χ0n) is 13.1. The molecule has 0 radical (unpaired) electrons. The van der Waals surface area contributed by atoms with Gasteiger partial charge in [-0.25, -0.2) is 8.42 Å². The molecular weight excluding hydrogens is 308 g/mol. The Bertz CT molecular complexity index is 867. The summed E-state index contributed by atoms with van der Waals surface area (Å²) >= 11 is 0. The molecule has 0 unspecified atom stereocenters. The zero-order chi connectivity index (χ0) is 16.6. The van der Waals surface area contributed by atoms with Gasteiger partial charge in [-0.15, -0.1) is 0 Å². The molecule has 0 aliphatic carbocycles. The average molecular weight is 326 g/mol. The Morgan fingerprint density at radius 3 is 2.43 bits per heavy atom. The second-order valence-electron chi connectivity index (χ2n) is 5.88. The minimum Gasteiger partial charge on any atom is -0.263 e. The molecule has 118 valence electrons. The van der Waals surface area contributed by atoms with E-state index in [0.29, 0.717) is 12.1 Å². The highest BCUT2D eigenvalue weighted by atomic mass is 32.2. The van der Waals surface area contributed by atoms with Crippen LogP contribution in [0, 0.1) is 18.3 Å². The normalized spacial score (nSPS) is 20.1. The van der Waals surface area contributed by atoms with Gasteiger partial charge in [0.2, 0.25) is 0 Å². The van der Waals surface area contributed by atoms with E-state index in [2.05, 4.69) is 6.07 Å². The molecule has 2 atom stereocenters. The third-order valence-corrected chi connectivity index (χ3v) is 6.33. The Morgan fingerprint density at radius 2 is 1.78 bits per heavy atom. The van der Waals surface area contributed by atoms with Gasteiger partial charge in [-0.2, -0.15) is 5.26 Å². The molecule has 23 heavy (non-hydrogen) atoms. The molecule has 3 rings (SSSR count). The van der Waals surface area contributed by atoms with Crippen molar-refractivity contribution in [2.45, 2.75) is 37.1 Å². The van der Waals surface area contributed by atoms with Gasteiger partial charge in [0.1, 0.15) is 0 Å². The van der Waals surface area contributed by atoms with E-state index in [1.807, 2.05) is 38.1 Å². The van der Waals surface area contributed by atoms with Crippen molar-refractivity contribution in [2.24, 2.45) is 0 Å². The summed E-state index contributed by atoms with van der Waals surface area (Å²) in [6.07, 6.45) is 0.304. The number of rotatable bonds is 3. The van der Waals surface area contributed by atoms with Crippen molar-refractivity contribution in [3.63, 3.8) is 0 Å². The van der Waals surface area contributed by atoms with Crippen LogP contribution in [0.25, 0.3) is 0 Å². The Morgan fingerprint density at radius 1 is 1.13 bits per heavy atom. The smallest absolute Gasteiger partial charge is 0.263 e. The predicted molar refractivity (Wildman–Crippen MR) is 89.7 cm³/mol. The van der Waals surface area contributed by atoms with Gasteiger partial charge in [-0.05, 0) is 37.6 Å². The maximum atomic E-state index is 13.1. The quantitative estimate of drug-likeness (QED) is 0.866. The number of benzene rings is 2. The van der Waals surface area contributed by atoms with E-state index in [1.54, 1.807) is 24.3 Å². The van der Waals surface area contributed by atoms with Crippen molar-refractivity contribution in [3.05, 3.63) is 59.7 Å². The van der Waals surface area contributed by atoms with Crippen molar-refractivity contribution >= 4 is 15.7 Å². The lowest BCUT2D eigenvalue weighted by Crippen LogP contribution is -2.37. The van der Waals surface area contributed by atoms with Gasteiger partial charge in [-0.1, -0.05) is 35.9 Å². The number of hydrogen-bond acceptors (Lipinski definition) is 3. The predicted octanol–water partition coefficient (Wildman–Crippen LogP) is 3.59. The fourth-order valence-corrected chi connectivity index (χ4v) is 4.91. The van der Waals surface area contributed by atoms with Crippen LogP contribution in [0.3, 0.4) is 0 Å². The number of hydrogen-bond donors (Lipinski definition) is 0.